The number of hydrogen-bond donors (Lipinski definition) is 1. The summed E-state index contributed by atoms with van der Waals surface area (Å²) >= 11 is 0. The smallest absolute Gasteiger partial charge is 0.218 e. The topological polar surface area (TPSA) is 61.3 Å². The molecule has 4 heteroatoms. The average molecular weight is 218 g/mol. The van der Waals surface area contributed by atoms with Gasteiger partial charge >= 0.3 is 0 Å². The predicted octanol–water partition coefficient (Wildman–Crippen LogP) is 1.71. The zero-order valence-corrected chi connectivity index (χ0v) is 9.19. The highest BCUT2D eigenvalue weighted by Gasteiger charge is 2.37. The summed E-state index contributed by atoms with van der Waals surface area (Å²) in [6.07, 6.45) is 0.763. The van der Waals surface area contributed by atoms with Gasteiger partial charge in [-0.15, -0.1) is 0 Å². The summed E-state index contributed by atoms with van der Waals surface area (Å²) in [4.78, 5) is 4.46. The Hall–Kier alpha value is -1.39. The zero-order chi connectivity index (χ0) is 11.2. The van der Waals surface area contributed by atoms with Gasteiger partial charge in [0, 0.05) is 6.61 Å². The number of nitrogens with zero attached hydrogens (tertiary/aromatic N) is 1. The lowest BCUT2D eigenvalue weighted by Crippen LogP contribution is -2.37. The molecule has 1 atom stereocenters. The van der Waals surface area contributed by atoms with E-state index in [1.54, 1.807) is 0 Å². The molecule has 1 saturated heterocycles. The van der Waals surface area contributed by atoms with Crippen molar-refractivity contribution in [2.75, 3.05) is 13.2 Å². The van der Waals surface area contributed by atoms with Crippen molar-refractivity contribution in [2.45, 2.75) is 18.9 Å². The van der Waals surface area contributed by atoms with Gasteiger partial charge in [0.25, 0.3) is 0 Å². The Morgan fingerprint density at radius 3 is 3.06 bits per heavy atom. The van der Waals surface area contributed by atoms with E-state index in [4.69, 9.17) is 14.9 Å². The van der Waals surface area contributed by atoms with Crippen LogP contribution in [0.1, 0.15) is 17.9 Å². The van der Waals surface area contributed by atoms with Crippen molar-refractivity contribution >= 4 is 11.1 Å². The van der Waals surface area contributed by atoms with Gasteiger partial charge in [0.2, 0.25) is 5.89 Å². The fraction of sp³-hybridized carbons (Fsp3) is 0.417. The number of rotatable bonds is 1. The lowest BCUT2D eigenvalue weighted by molar-refractivity contribution is 0.170. The van der Waals surface area contributed by atoms with Gasteiger partial charge in [-0.3, -0.25) is 0 Å². The predicted molar refractivity (Wildman–Crippen MR) is 60.0 cm³/mol. The lowest BCUT2D eigenvalue weighted by atomic mass is 10.0. The quantitative estimate of drug-likeness (QED) is 0.791. The van der Waals surface area contributed by atoms with Crippen molar-refractivity contribution in [3.63, 3.8) is 0 Å². The molecule has 4 nitrogen and oxygen atoms in total. The normalized spacial score (nSPS) is 25.4. The summed E-state index contributed by atoms with van der Waals surface area (Å²) in [5.74, 6) is 0.589. The fourth-order valence-corrected chi connectivity index (χ4v) is 2.00. The van der Waals surface area contributed by atoms with Crippen molar-refractivity contribution < 1.29 is 9.15 Å². The molecule has 2 N–H and O–H groups in total. The second-order valence-electron chi connectivity index (χ2n) is 4.45. The van der Waals surface area contributed by atoms with Gasteiger partial charge in [-0.05, 0) is 31.0 Å². The maximum Gasteiger partial charge on any atom is 0.218 e. The van der Waals surface area contributed by atoms with Crippen LogP contribution in [0.25, 0.3) is 11.1 Å². The number of ether oxygens (including phenoxy) is 1. The molecule has 2 aromatic rings. The maximum atomic E-state index is 6.20. The summed E-state index contributed by atoms with van der Waals surface area (Å²) in [5.41, 5.74) is 8.48. The maximum absolute atomic E-state index is 6.20. The van der Waals surface area contributed by atoms with Gasteiger partial charge in [-0.1, -0.05) is 6.07 Å². The Morgan fingerprint density at radius 1 is 1.44 bits per heavy atom. The van der Waals surface area contributed by atoms with Crippen LogP contribution in [0, 0.1) is 6.92 Å². The van der Waals surface area contributed by atoms with Crippen LogP contribution in [-0.2, 0) is 10.3 Å². The van der Waals surface area contributed by atoms with Gasteiger partial charge < -0.3 is 14.9 Å². The molecule has 84 valence electrons. The third-order valence-electron chi connectivity index (χ3n) is 3.02. The molecule has 16 heavy (non-hydrogen) atoms. The molecule has 0 saturated carbocycles. The van der Waals surface area contributed by atoms with Crippen LogP contribution < -0.4 is 5.73 Å². The molecule has 0 aliphatic carbocycles. The van der Waals surface area contributed by atoms with Crippen molar-refractivity contribution in [3.8, 4) is 0 Å². The van der Waals surface area contributed by atoms with E-state index in [1.807, 2.05) is 25.1 Å². The largest absolute Gasteiger partial charge is 0.439 e. The average Bonchev–Trinajstić information content (AvgIpc) is 2.84. The van der Waals surface area contributed by atoms with Crippen LogP contribution in [0.5, 0.6) is 0 Å². The van der Waals surface area contributed by atoms with E-state index in [1.165, 1.54) is 5.56 Å². The van der Waals surface area contributed by atoms with Crippen LogP contribution in [0.2, 0.25) is 0 Å². The first-order valence-corrected chi connectivity index (χ1v) is 5.42. The molecule has 1 fully saturated rings. The molecular formula is C12H14N2O2. The van der Waals surface area contributed by atoms with E-state index in [-0.39, 0.29) is 0 Å². The van der Waals surface area contributed by atoms with Crippen LogP contribution in [0.3, 0.4) is 0 Å². The molecule has 0 amide bonds. The molecular weight excluding hydrogens is 204 g/mol. The number of fused-ring (bicyclic) bond motifs is 1. The Bertz CT molecular complexity index is 527. The molecule has 2 heterocycles. The lowest BCUT2D eigenvalue weighted by Gasteiger charge is -2.16. The number of oxazole rings is 1. The Balaban J connectivity index is 2.11. The SMILES string of the molecule is Cc1ccc2oc(C3(N)CCOC3)nc2c1. The first-order chi connectivity index (χ1) is 7.67. The molecule has 0 bridgehead atoms. The van der Waals surface area contributed by atoms with Crippen molar-refractivity contribution in [3.05, 3.63) is 29.7 Å². The third kappa shape index (κ3) is 1.42. The third-order valence-corrected chi connectivity index (χ3v) is 3.02. The molecule has 3 rings (SSSR count). The van der Waals surface area contributed by atoms with Crippen LogP contribution in [0.4, 0.5) is 0 Å². The minimum absolute atomic E-state index is 0.485. The molecule has 1 aliphatic heterocycles. The second-order valence-corrected chi connectivity index (χ2v) is 4.45. The highest BCUT2D eigenvalue weighted by Crippen LogP contribution is 2.29. The molecule has 0 radical (unpaired) electrons. The Kier molecular flexibility index (Phi) is 2.02. The van der Waals surface area contributed by atoms with E-state index in [2.05, 4.69) is 4.98 Å². The monoisotopic (exact) mass is 218 g/mol. The number of benzene rings is 1. The van der Waals surface area contributed by atoms with Gasteiger partial charge in [0.1, 0.15) is 11.1 Å². The van der Waals surface area contributed by atoms with Crippen molar-refractivity contribution in [1.29, 1.82) is 0 Å². The van der Waals surface area contributed by atoms with E-state index in [0.717, 1.165) is 17.5 Å². The fourth-order valence-electron chi connectivity index (χ4n) is 2.00. The first kappa shape index (κ1) is 9.81. The molecule has 1 aromatic carbocycles. The van der Waals surface area contributed by atoms with Crippen molar-refractivity contribution in [1.82, 2.24) is 4.98 Å². The standard InChI is InChI=1S/C12H14N2O2/c1-8-2-3-10-9(6-8)14-11(16-10)12(13)4-5-15-7-12/h2-3,6H,4-5,7,13H2,1H3. The number of aryl methyl sites for hydroxylation is 1. The van der Waals surface area contributed by atoms with Crippen molar-refractivity contribution in [2.24, 2.45) is 5.73 Å². The minimum Gasteiger partial charge on any atom is -0.439 e. The molecule has 1 unspecified atom stereocenters. The van der Waals surface area contributed by atoms with Gasteiger partial charge in [0.05, 0.1) is 6.61 Å². The number of nitrogens with two attached hydrogens (primary N) is 1. The second kappa shape index (κ2) is 3.30. The van der Waals surface area contributed by atoms with Crippen LogP contribution >= 0.6 is 0 Å². The Labute approximate surface area is 93.4 Å². The van der Waals surface area contributed by atoms with E-state index in [0.29, 0.717) is 19.1 Å². The Morgan fingerprint density at radius 2 is 2.31 bits per heavy atom. The highest BCUT2D eigenvalue weighted by atomic mass is 16.5. The summed E-state index contributed by atoms with van der Waals surface area (Å²) < 4.78 is 11.0. The highest BCUT2D eigenvalue weighted by molar-refractivity contribution is 5.73. The van der Waals surface area contributed by atoms with E-state index >= 15 is 0 Å². The first-order valence-electron chi connectivity index (χ1n) is 5.42. The van der Waals surface area contributed by atoms with Crippen LogP contribution in [-0.4, -0.2) is 18.2 Å². The molecule has 0 spiro atoms. The zero-order valence-electron chi connectivity index (χ0n) is 9.19. The summed E-state index contributed by atoms with van der Waals surface area (Å²) in [7, 11) is 0. The van der Waals surface area contributed by atoms with Gasteiger partial charge in [-0.25, -0.2) is 4.98 Å². The van der Waals surface area contributed by atoms with Gasteiger partial charge in [-0.2, -0.15) is 0 Å². The number of aromatic nitrogens is 1. The van der Waals surface area contributed by atoms with Crippen LogP contribution in [0.15, 0.2) is 22.6 Å². The summed E-state index contributed by atoms with van der Waals surface area (Å²) in [6, 6.07) is 5.94. The van der Waals surface area contributed by atoms with E-state index in [9.17, 15) is 0 Å². The summed E-state index contributed by atoms with van der Waals surface area (Å²) in [5, 5.41) is 0. The van der Waals surface area contributed by atoms with Gasteiger partial charge in [0.15, 0.2) is 5.58 Å². The minimum atomic E-state index is -0.549. The molecule has 1 aliphatic rings. The molecule has 1 aromatic heterocycles. The number of hydrogen-bond acceptors (Lipinski definition) is 4. The van der Waals surface area contributed by atoms with E-state index < -0.39 is 5.54 Å². The summed E-state index contributed by atoms with van der Waals surface area (Å²) in [6.45, 7) is 3.19.